The van der Waals surface area contributed by atoms with Crippen molar-refractivity contribution in [3.63, 3.8) is 0 Å². The molecule has 2 aromatic carbocycles. The van der Waals surface area contributed by atoms with Crippen molar-refractivity contribution in [1.82, 2.24) is 20.9 Å². The van der Waals surface area contributed by atoms with E-state index in [4.69, 9.17) is 23.2 Å². The van der Waals surface area contributed by atoms with Crippen molar-refractivity contribution >= 4 is 40.8 Å². The van der Waals surface area contributed by atoms with E-state index in [-0.39, 0.29) is 34.2 Å². The highest BCUT2D eigenvalue weighted by Crippen LogP contribution is 2.33. The zero-order valence-corrected chi connectivity index (χ0v) is 23.8. The number of halogens is 4. The monoisotopic (exact) mass is 606 g/mol. The van der Waals surface area contributed by atoms with Crippen molar-refractivity contribution in [1.29, 1.82) is 0 Å². The molecule has 218 valence electrons. The van der Waals surface area contributed by atoms with Crippen LogP contribution in [0.5, 0.6) is 5.75 Å². The lowest BCUT2D eigenvalue weighted by atomic mass is 9.98. The molecule has 0 fully saturated rings. The molecular weight excluding hydrogens is 577 g/mol. The summed E-state index contributed by atoms with van der Waals surface area (Å²) in [5.74, 6) is -2.87. The molecule has 0 aliphatic rings. The number of benzene rings is 2. The minimum atomic E-state index is -2.92. The molecule has 3 aromatic rings. The van der Waals surface area contributed by atoms with Gasteiger partial charge in [-0.1, -0.05) is 66.9 Å². The van der Waals surface area contributed by atoms with Gasteiger partial charge < -0.3 is 15.7 Å². The maximum absolute atomic E-state index is 14.4. The van der Waals surface area contributed by atoms with Gasteiger partial charge in [0.15, 0.2) is 5.75 Å². The van der Waals surface area contributed by atoms with Crippen LogP contribution in [-0.4, -0.2) is 53.2 Å². The van der Waals surface area contributed by atoms with E-state index >= 15 is 0 Å². The fraction of sp³-hybridized carbons (Fsp3) is 0.310. The molecule has 0 spiro atoms. The van der Waals surface area contributed by atoms with Crippen LogP contribution >= 0.6 is 23.2 Å². The standard InChI is InChI=1S/C29H30Cl2F2N4O4/c1-3-5-22(26(39)29(41)34-2)37-28(40)23(14-16-12-20(30)25(38)21(31)13-16)36-24(27(32)33)18-9-7-17(8-10-18)19-6-4-11-35-15-19/h4,6-13,15,22-24,27,36,38H,3,5,14H2,1-2H3,(H,34,41)(H,37,40)/t22-,23-,24-/m0/s1. The summed E-state index contributed by atoms with van der Waals surface area (Å²) in [6, 6.07) is 8.71. The number of alkyl halides is 2. The Bertz CT molecular complexity index is 1340. The summed E-state index contributed by atoms with van der Waals surface area (Å²) in [4.78, 5) is 42.1. The van der Waals surface area contributed by atoms with Crippen LogP contribution in [0.3, 0.4) is 0 Å². The minimum Gasteiger partial charge on any atom is -0.505 e. The van der Waals surface area contributed by atoms with Crippen molar-refractivity contribution in [3.05, 3.63) is 82.1 Å². The Labute approximate surface area is 246 Å². The quantitative estimate of drug-likeness (QED) is 0.206. The minimum absolute atomic E-state index is 0.0817. The van der Waals surface area contributed by atoms with E-state index < -0.39 is 42.1 Å². The van der Waals surface area contributed by atoms with E-state index in [2.05, 4.69) is 20.9 Å². The molecule has 4 N–H and O–H groups in total. The molecule has 0 saturated heterocycles. The van der Waals surface area contributed by atoms with Crippen LogP contribution in [0.2, 0.25) is 10.0 Å². The Hall–Kier alpha value is -3.60. The molecule has 8 nitrogen and oxygen atoms in total. The molecule has 3 rings (SSSR count). The van der Waals surface area contributed by atoms with Crippen LogP contribution < -0.4 is 16.0 Å². The SMILES string of the molecule is CCC[C@H](NC(=O)[C@H](Cc1cc(Cl)c(O)c(Cl)c1)N[C@@H](c1ccc(-c2cccnc2)cc1)C(F)F)C(=O)C(=O)NC. The second-order valence-corrected chi connectivity index (χ2v) is 10.1. The number of aromatic hydroxyl groups is 1. The number of likely N-dealkylation sites (N-methyl/N-ethyl adjacent to an activating group) is 1. The molecule has 1 heterocycles. The largest absolute Gasteiger partial charge is 0.505 e. The molecule has 0 aliphatic heterocycles. The number of carbonyl (C=O) groups excluding carboxylic acids is 3. The molecule has 0 unspecified atom stereocenters. The summed E-state index contributed by atoms with van der Waals surface area (Å²) in [5.41, 5.74) is 2.17. The second-order valence-electron chi connectivity index (χ2n) is 9.30. The van der Waals surface area contributed by atoms with E-state index in [0.717, 1.165) is 11.1 Å². The van der Waals surface area contributed by atoms with Crippen LogP contribution in [0.4, 0.5) is 8.78 Å². The average molecular weight is 607 g/mol. The first-order chi connectivity index (χ1) is 19.5. The Morgan fingerprint density at radius 3 is 2.20 bits per heavy atom. The number of ketones is 1. The number of rotatable bonds is 13. The summed E-state index contributed by atoms with van der Waals surface area (Å²) in [6.07, 6.45) is 0.823. The van der Waals surface area contributed by atoms with Crippen molar-refractivity contribution in [3.8, 4) is 16.9 Å². The molecule has 2 amide bonds. The van der Waals surface area contributed by atoms with Crippen LogP contribution in [0.25, 0.3) is 11.1 Å². The smallest absolute Gasteiger partial charge is 0.289 e. The Kier molecular flexibility index (Phi) is 11.6. The van der Waals surface area contributed by atoms with Gasteiger partial charge in [0.2, 0.25) is 11.7 Å². The number of hydrogen-bond donors (Lipinski definition) is 4. The van der Waals surface area contributed by atoms with Gasteiger partial charge in [-0.3, -0.25) is 24.7 Å². The number of phenolic OH excluding ortho intramolecular Hbond substituents is 1. The van der Waals surface area contributed by atoms with Gasteiger partial charge in [0, 0.05) is 19.4 Å². The lowest BCUT2D eigenvalue weighted by Crippen LogP contribution is -2.54. The first-order valence-corrected chi connectivity index (χ1v) is 13.6. The number of nitrogens with one attached hydrogen (secondary N) is 3. The lowest BCUT2D eigenvalue weighted by molar-refractivity contribution is -0.140. The van der Waals surface area contributed by atoms with Crippen LogP contribution in [-0.2, 0) is 20.8 Å². The Morgan fingerprint density at radius 1 is 1.00 bits per heavy atom. The summed E-state index contributed by atoms with van der Waals surface area (Å²) < 4.78 is 28.9. The van der Waals surface area contributed by atoms with Gasteiger partial charge in [0.1, 0.15) is 0 Å². The predicted octanol–water partition coefficient (Wildman–Crippen LogP) is 4.87. The molecule has 0 saturated carbocycles. The molecule has 0 bridgehead atoms. The molecule has 0 radical (unpaired) electrons. The predicted molar refractivity (Wildman–Crippen MR) is 153 cm³/mol. The van der Waals surface area contributed by atoms with Gasteiger partial charge in [0.05, 0.1) is 28.2 Å². The van der Waals surface area contributed by atoms with E-state index in [1.165, 1.54) is 31.3 Å². The number of aromatic nitrogens is 1. The van der Waals surface area contributed by atoms with Crippen molar-refractivity contribution in [2.75, 3.05) is 7.05 Å². The summed E-state index contributed by atoms with van der Waals surface area (Å²) in [6.45, 7) is 1.77. The molecule has 3 atom stereocenters. The molecule has 0 aliphatic carbocycles. The number of nitrogens with zero attached hydrogens (tertiary/aromatic N) is 1. The van der Waals surface area contributed by atoms with Crippen LogP contribution in [0.1, 0.15) is 36.9 Å². The first-order valence-electron chi connectivity index (χ1n) is 12.8. The summed E-state index contributed by atoms with van der Waals surface area (Å²) in [7, 11) is 1.29. The normalized spacial score (nSPS) is 13.3. The van der Waals surface area contributed by atoms with Crippen LogP contribution in [0.15, 0.2) is 60.9 Å². The first kappa shape index (κ1) is 31.9. The van der Waals surface area contributed by atoms with Gasteiger partial charge in [0.25, 0.3) is 12.3 Å². The zero-order valence-electron chi connectivity index (χ0n) is 22.3. The molecule has 1 aromatic heterocycles. The van der Waals surface area contributed by atoms with Crippen LogP contribution in [0, 0.1) is 0 Å². The van der Waals surface area contributed by atoms with Gasteiger partial charge in [-0.2, -0.15) is 0 Å². The third-order valence-electron chi connectivity index (χ3n) is 6.39. The topological polar surface area (TPSA) is 120 Å². The van der Waals surface area contributed by atoms with Gasteiger partial charge in [-0.05, 0) is 53.3 Å². The van der Waals surface area contributed by atoms with Crippen molar-refractivity contribution in [2.45, 2.75) is 50.7 Å². The Morgan fingerprint density at radius 2 is 1.66 bits per heavy atom. The third-order valence-corrected chi connectivity index (χ3v) is 6.97. The highest BCUT2D eigenvalue weighted by Gasteiger charge is 2.32. The number of hydrogen-bond acceptors (Lipinski definition) is 6. The number of pyridine rings is 1. The fourth-order valence-electron chi connectivity index (χ4n) is 4.26. The molecule has 12 heteroatoms. The van der Waals surface area contributed by atoms with Gasteiger partial charge >= 0.3 is 0 Å². The number of amides is 2. The third kappa shape index (κ3) is 8.45. The average Bonchev–Trinajstić information content (AvgIpc) is 2.97. The van der Waals surface area contributed by atoms with Crippen molar-refractivity contribution < 1.29 is 28.3 Å². The van der Waals surface area contributed by atoms with Crippen molar-refractivity contribution in [2.24, 2.45) is 0 Å². The van der Waals surface area contributed by atoms with Gasteiger partial charge in [-0.25, -0.2) is 8.78 Å². The van der Waals surface area contributed by atoms with E-state index in [9.17, 15) is 28.3 Å². The second kappa shape index (κ2) is 14.9. The molecule has 41 heavy (non-hydrogen) atoms. The fourth-order valence-corrected chi connectivity index (χ4v) is 4.79. The van der Waals surface area contributed by atoms with E-state index in [1.54, 1.807) is 37.5 Å². The zero-order chi connectivity index (χ0) is 30.1. The van der Waals surface area contributed by atoms with Gasteiger partial charge in [-0.15, -0.1) is 0 Å². The maximum Gasteiger partial charge on any atom is 0.289 e. The molecular formula is C29H30Cl2F2N4O4. The highest BCUT2D eigenvalue weighted by atomic mass is 35.5. The Balaban J connectivity index is 1.94. The van der Waals surface area contributed by atoms with E-state index in [0.29, 0.717) is 12.0 Å². The number of carbonyl (C=O) groups is 3. The summed E-state index contributed by atoms with van der Waals surface area (Å²) >= 11 is 12.1. The highest BCUT2D eigenvalue weighted by molar-refractivity contribution is 6.38. The lowest BCUT2D eigenvalue weighted by Gasteiger charge is -2.27. The number of phenols is 1. The summed E-state index contributed by atoms with van der Waals surface area (Å²) in [5, 5.41) is 17.3. The maximum atomic E-state index is 14.4. The number of Topliss-reactive ketones (excluding diaryl/α,β-unsaturated/α-hetero) is 1. The van der Waals surface area contributed by atoms with E-state index in [1.807, 2.05) is 6.07 Å².